The molecular weight excluding hydrogens is 285 g/mol. The first-order chi connectivity index (χ1) is 9.38. The van der Waals surface area contributed by atoms with Gasteiger partial charge in [0.05, 0.1) is 27.0 Å². The molecule has 0 saturated carbocycles. The molecule has 0 aliphatic heterocycles. The van der Waals surface area contributed by atoms with Crippen LogP contribution in [0, 0.1) is 0 Å². The summed E-state index contributed by atoms with van der Waals surface area (Å²) < 4.78 is 39.3. The van der Waals surface area contributed by atoms with Crippen molar-refractivity contribution in [2.75, 3.05) is 0 Å². The molecule has 0 unspecified atom stereocenters. The quantitative estimate of drug-likeness (QED) is 0.632. The van der Waals surface area contributed by atoms with Gasteiger partial charge in [-0.2, -0.15) is 13.2 Å². The number of nitrogens with zero attached hydrogens (tertiary/aromatic N) is 2. The minimum Gasteiger partial charge on any atom is -0.250 e. The van der Waals surface area contributed by atoms with E-state index in [0.717, 1.165) is 33.4 Å². The van der Waals surface area contributed by atoms with Gasteiger partial charge in [0.25, 0.3) is 0 Å². The SMILES string of the molecule is CC(C)c1nc2cc(C(F)(F)F)ccc2c2scnc12. The third-order valence-corrected chi connectivity index (χ3v) is 4.03. The number of thiazole rings is 1. The number of pyridine rings is 1. The van der Waals surface area contributed by atoms with E-state index in [1.165, 1.54) is 17.4 Å². The zero-order valence-corrected chi connectivity index (χ0v) is 11.6. The molecule has 2 aromatic heterocycles. The normalized spacial score (nSPS) is 12.7. The molecule has 3 rings (SSSR count). The topological polar surface area (TPSA) is 25.8 Å². The van der Waals surface area contributed by atoms with Crippen LogP contribution in [0.3, 0.4) is 0 Å². The molecule has 0 aliphatic carbocycles. The molecule has 3 aromatic rings. The molecule has 0 bridgehead atoms. The molecule has 2 heterocycles. The predicted octanol–water partition coefficient (Wildman–Crippen LogP) is 4.99. The monoisotopic (exact) mass is 296 g/mol. The summed E-state index contributed by atoms with van der Waals surface area (Å²) in [6.07, 6.45) is -4.35. The van der Waals surface area contributed by atoms with Crippen LogP contribution in [0.25, 0.3) is 21.1 Å². The molecule has 0 radical (unpaired) electrons. The molecule has 0 aliphatic rings. The molecular formula is C14H11F3N2S. The Morgan fingerprint density at radius 1 is 1.20 bits per heavy atom. The Hall–Kier alpha value is -1.69. The van der Waals surface area contributed by atoms with Crippen molar-refractivity contribution in [1.29, 1.82) is 0 Å². The Kier molecular flexibility index (Phi) is 2.93. The number of hydrogen-bond acceptors (Lipinski definition) is 3. The molecule has 0 saturated heterocycles. The fraction of sp³-hybridized carbons (Fsp3) is 0.286. The second kappa shape index (κ2) is 4.41. The fourth-order valence-electron chi connectivity index (χ4n) is 2.20. The van der Waals surface area contributed by atoms with Crippen molar-refractivity contribution in [3.8, 4) is 0 Å². The van der Waals surface area contributed by atoms with E-state index in [9.17, 15) is 13.2 Å². The first kappa shape index (κ1) is 13.3. The van der Waals surface area contributed by atoms with Gasteiger partial charge < -0.3 is 0 Å². The van der Waals surface area contributed by atoms with Crippen LogP contribution >= 0.6 is 11.3 Å². The highest BCUT2D eigenvalue weighted by atomic mass is 32.1. The van der Waals surface area contributed by atoms with Gasteiger partial charge in [-0.1, -0.05) is 19.9 Å². The van der Waals surface area contributed by atoms with Crippen LogP contribution in [0.1, 0.15) is 31.0 Å². The second-order valence-electron chi connectivity index (χ2n) is 4.91. The lowest BCUT2D eigenvalue weighted by Gasteiger charge is -2.11. The fourth-order valence-corrected chi connectivity index (χ4v) is 3.03. The third kappa shape index (κ3) is 2.04. The van der Waals surface area contributed by atoms with Gasteiger partial charge in [-0.15, -0.1) is 11.3 Å². The highest BCUT2D eigenvalue weighted by molar-refractivity contribution is 7.17. The maximum atomic E-state index is 12.8. The zero-order valence-electron chi connectivity index (χ0n) is 10.8. The molecule has 104 valence electrons. The van der Waals surface area contributed by atoms with Gasteiger partial charge in [0.2, 0.25) is 0 Å². The summed E-state index contributed by atoms with van der Waals surface area (Å²) in [5.41, 5.74) is 2.94. The molecule has 20 heavy (non-hydrogen) atoms. The maximum absolute atomic E-state index is 12.8. The second-order valence-corrected chi connectivity index (χ2v) is 5.77. The van der Waals surface area contributed by atoms with Crippen molar-refractivity contribution >= 4 is 32.5 Å². The van der Waals surface area contributed by atoms with Crippen LogP contribution < -0.4 is 0 Å². The lowest BCUT2D eigenvalue weighted by molar-refractivity contribution is -0.137. The van der Waals surface area contributed by atoms with E-state index in [2.05, 4.69) is 9.97 Å². The molecule has 2 nitrogen and oxygen atoms in total. The summed E-state index contributed by atoms with van der Waals surface area (Å²) >= 11 is 1.43. The van der Waals surface area contributed by atoms with Crippen LogP contribution in [-0.4, -0.2) is 9.97 Å². The van der Waals surface area contributed by atoms with Gasteiger partial charge in [-0.05, 0) is 18.1 Å². The molecule has 0 atom stereocenters. The van der Waals surface area contributed by atoms with Gasteiger partial charge in [0.15, 0.2) is 0 Å². The van der Waals surface area contributed by atoms with E-state index in [1.54, 1.807) is 5.51 Å². The van der Waals surface area contributed by atoms with Gasteiger partial charge >= 0.3 is 6.18 Å². The maximum Gasteiger partial charge on any atom is 0.416 e. The molecule has 0 spiro atoms. The molecule has 1 aromatic carbocycles. The van der Waals surface area contributed by atoms with Crippen molar-refractivity contribution < 1.29 is 13.2 Å². The Morgan fingerprint density at radius 3 is 2.60 bits per heavy atom. The van der Waals surface area contributed by atoms with E-state index < -0.39 is 11.7 Å². The standard InChI is InChI=1S/C14H11F3N2S/c1-7(2)11-12-13(20-6-18-12)9-4-3-8(14(15,16)17)5-10(9)19-11/h3-7H,1-2H3. The van der Waals surface area contributed by atoms with E-state index in [0.29, 0.717) is 5.52 Å². The Bertz CT molecular complexity index is 790. The highest BCUT2D eigenvalue weighted by Crippen LogP contribution is 2.35. The number of fused-ring (bicyclic) bond motifs is 3. The van der Waals surface area contributed by atoms with E-state index in [1.807, 2.05) is 13.8 Å². The van der Waals surface area contributed by atoms with Gasteiger partial charge in [0.1, 0.15) is 5.52 Å². The predicted molar refractivity (Wildman–Crippen MR) is 74.0 cm³/mol. The zero-order chi connectivity index (χ0) is 14.5. The summed E-state index contributed by atoms with van der Waals surface area (Å²) in [4.78, 5) is 8.69. The summed E-state index contributed by atoms with van der Waals surface area (Å²) in [7, 11) is 0. The molecule has 0 N–H and O–H groups in total. The Morgan fingerprint density at radius 2 is 1.95 bits per heavy atom. The summed E-state index contributed by atoms with van der Waals surface area (Å²) in [6, 6.07) is 3.69. The van der Waals surface area contributed by atoms with Crippen LogP contribution in [0.2, 0.25) is 0 Å². The van der Waals surface area contributed by atoms with Crippen molar-refractivity contribution in [2.45, 2.75) is 25.9 Å². The number of halogens is 3. The minimum absolute atomic E-state index is 0.110. The first-order valence-electron chi connectivity index (χ1n) is 6.12. The summed E-state index contributed by atoms with van der Waals surface area (Å²) in [5.74, 6) is 0.110. The number of aromatic nitrogens is 2. The van der Waals surface area contributed by atoms with Crippen LogP contribution in [0.4, 0.5) is 13.2 Å². The van der Waals surface area contributed by atoms with Crippen molar-refractivity contribution in [3.05, 3.63) is 35.0 Å². The number of alkyl halides is 3. The molecule has 6 heteroatoms. The first-order valence-corrected chi connectivity index (χ1v) is 7.00. The number of hydrogen-bond donors (Lipinski definition) is 0. The van der Waals surface area contributed by atoms with Crippen LogP contribution in [-0.2, 0) is 6.18 Å². The van der Waals surface area contributed by atoms with E-state index in [4.69, 9.17) is 0 Å². The third-order valence-electron chi connectivity index (χ3n) is 3.17. The van der Waals surface area contributed by atoms with Gasteiger partial charge in [-0.3, -0.25) is 4.98 Å². The lowest BCUT2D eigenvalue weighted by atomic mass is 10.1. The molecule has 0 fully saturated rings. The summed E-state index contributed by atoms with van der Waals surface area (Å²) in [5, 5.41) is 0.722. The largest absolute Gasteiger partial charge is 0.416 e. The Balaban J connectivity index is 2.38. The van der Waals surface area contributed by atoms with Crippen molar-refractivity contribution in [1.82, 2.24) is 9.97 Å². The Labute approximate surface area is 117 Å². The smallest absolute Gasteiger partial charge is 0.250 e. The summed E-state index contributed by atoms with van der Waals surface area (Å²) in [6.45, 7) is 3.92. The highest BCUT2D eigenvalue weighted by Gasteiger charge is 2.31. The minimum atomic E-state index is -4.35. The van der Waals surface area contributed by atoms with E-state index in [-0.39, 0.29) is 5.92 Å². The number of rotatable bonds is 1. The van der Waals surface area contributed by atoms with Crippen LogP contribution in [0.5, 0.6) is 0 Å². The van der Waals surface area contributed by atoms with Crippen molar-refractivity contribution in [2.24, 2.45) is 0 Å². The van der Waals surface area contributed by atoms with Crippen LogP contribution in [0.15, 0.2) is 23.7 Å². The van der Waals surface area contributed by atoms with Gasteiger partial charge in [0, 0.05) is 5.39 Å². The molecule has 0 amide bonds. The lowest BCUT2D eigenvalue weighted by Crippen LogP contribution is -2.05. The van der Waals surface area contributed by atoms with E-state index >= 15 is 0 Å². The average molecular weight is 296 g/mol. The average Bonchev–Trinajstić information content (AvgIpc) is 2.84. The van der Waals surface area contributed by atoms with Crippen molar-refractivity contribution in [3.63, 3.8) is 0 Å². The van der Waals surface area contributed by atoms with Gasteiger partial charge in [-0.25, -0.2) is 4.98 Å². The number of benzene rings is 1.